The second kappa shape index (κ2) is 7.23. The molecule has 0 bridgehead atoms. The second-order valence-corrected chi connectivity index (χ2v) is 3.95. The molecule has 2 aromatic rings. The van der Waals surface area contributed by atoms with E-state index in [2.05, 4.69) is 50.2 Å². The van der Waals surface area contributed by atoms with E-state index in [4.69, 9.17) is 0 Å². The van der Waals surface area contributed by atoms with Gasteiger partial charge >= 0.3 is 0 Å². The molecule has 0 aliphatic carbocycles. The molecule has 0 N–H and O–H groups in total. The highest BCUT2D eigenvalue weighted by Crippen LogP contribution is 2.12. The van der Waals surface area contributed by atoms with Crippen LogP contribution < -0.4 is 0 Å². The van der Waals surface area contributed by atoms with Gasteiger partial charge in [0.05, 0.1) is 5.69 Å². The lowest BCUT2D eigenvalue weighted by molar-refractivity contribution is 1.30. The maximum absolute atomic E-state index is 3.98. The standard InChI is InChI=1S/C10H12.C7H7N/c1-4-10-7-5-6-8(2)9(10)3;1-2-7-5-3-4-6-8-7/h4-7H,1H2,2-3H3;2-6H,1H2. The molecule has 1 nitrogen and oxygen atoms in total. The summed E-state index contributed by atoms with van der Waals surface area (Å²) in [4.78, 5) is 3.98. The first-order valence-corrected chi connectivity index (χ1v) is 5.91. The van der Waals surface area contributed by atoms with Crippen LogP contribution in [0, 0.1) is 13.8 Å². The molecular weight excluding hydrogens is 218 g/mol. The predicted molar refractivity (Wildman–Crippen MR) is 80.3 cm³/mol. The summed E-state index contributed by atoms with van der Waals surface area (Å²) in [5.74, 6) is 0. The number of benzene rings is 1. The molecule has 0 radical (unpaired) electrons. The maximum atomic E-state index is 3.98. The highest BCUT2D eigenvalue weighted by molar-refractivity contribution is 5.53. The van der Waals surface area contributed by atoms with Gasteiger partial charge in [0.2, 0.25) is 0 Å². The van der Waals surface area contributed by atoms with Crippen molar-refractivity contribution in [2.24, 2.45) is 0 Å². The van der Waals surface area contributed by atoms with Crippen LogP contribution in [0.4, 0.5) is 0 Å². The van der Waals surface area contributed by atoms with Crippen molar-refractivity contribution in [1.82, 2.24) is 4.98 Å². The molecule has 92 valence electrons. The van der Waals surface area contributed by atoms with Crippen molar-refractivity contribution in [1.29, 1.82) is 0 Å². The van der Waals surface area contributed by atoms with Crippen LogP contribution in [0.1, 0.15) is 22.4 Å². The molecule has 0 saturated carbocycles. The smallest absolute Gasteiger partial charge is 0.0623 e. The number of aromatic nitrogens is 1. The van der Waals surface area contributed by atoms with Crippen LogP contribution in [0.15, 0.2) is 55.8 Å². The van der Waals surface area contributed by atoms with Gasteiger partial charge in [-0.3, -0.25) is 4.98 Å². The summed E-state index contributed by atoms with van der Waals surface area (Å²) in [5.41, 5.74) is 4.82. The van der Waals surface area contributed by atoms with Crippen LogP contribution in [-0.4, -0.2) is 4.98 Å². The van der Waals surface area contributed by atoms with E-state index in [1.807, 2.05) is 24.3 Å². The molecule has 0 fully saturated rings. The summed E-state index contributed by atoms with van der Waals surface area (Å²) in [5, 5.41) is 0. The average Bonchev–Trinajstić information content (AvgIpc) is 2.43. The van der Waals surface area contributed by atoms with Gasteiger partial charge in [0, 0.05) is 6.20 Å². The average molecular weight is 237 g/mol. The second-order valence-electron chi connectivity index (χ2n) is 3.95. The van der Waals surface area contributed by atoms with E-state index in [0.29, 0.717) is 0 Å². The van der Waals surface area contributed by atoms with Gasteiger partial charge in [-0.05, 0) is 48.7 Å². The lowest BCUT2D eigenvalue weighted by atomic mass is 10.0. The van der Waals surface area contributed by atoms with E-state index in [9.17, 15) is 0 Å². The molecular formula is C17H19N. The van der Waals surface area contributed by atoms with Crippen molar-refractivity contribution in [2.45, 2.75) is 13.8 Å². The van der Waals surface area contributed by atoms with Crippen molar-refractivity contribution in [3.8, 4) is 0 Å². The number of hydrogen-bond acceptors (Lipinski definition) is 1. The van der Waals surface area contributed by atoms with Gasteiger partial charge < -0.3 is 0 Å². The first-order chi connectivity index (χ1) is 8.69. The predicted octanol–water partition coefficient (Wildman–Crippen LogP) is 4.67. The summed E-state index contributed by atoms with van der Waals surface area (Å²) in [6.07, 6.45) is 5.36. The molecule has 0 amide bonds. The van der Waals surface area contributed by atoms with E-state index in [1.165, 1.54) is 16.7 Å². The topological polar surface area (TPSA) is 12.9 Å². The zero-order chi connectivity index (χ0) is 13.4. The molecule has 0 atom stereocenters. The van der Waals surface area contributed by atoms with Gasteiger partial charge in [-0.25, -0.2) is 0 Å². The third-order valence-corrected chi connectivity index (χ3v) is 2.76. The van der Waals surface area contributed by atoms with Crippen molar-refractivity contribution in [2.75, 3.05) is 0 Å². The summed E-state index contributed by atoms with van der Waals surface area (Å²) in [6.45, 7) is 11.5. The van der Waals surface area contributed by atoms with Crippen LogP contribution in [0.2, 0.25) is 0 Å². The summed E-state index contributed by atoms with van der Waals surface area (Å²) in [6, 6.07) is 12.0. The Morgan fingerprint density at radius 3 is 2.17 bits per heavy atom. The molecule has 1 aromatic carbocycles. The lowest BCUT2D eigenvalue weighted by Crippen LogP contribution is -1.83. The molecule has 2 rings (SSSR count). The number of rotatable bonds is 2. The highest BCUT2D eigenvalue weighted by Gasteiger charge is 1.93. The Balaban J connectivity index is 0.000000184. The monoisotopic (exact) mass is 237 g/mol. The first kappa shape index (κ1) is 13.9. The molecule has 18 heavy (non-hydrogen) atoms. The fourth-order valence-electron chi connectivity index (χ4n) is 1.49. The number of pyridine rings is 1. The molecule has 0 saturated heterocycles. The Morgan fingerprint density at radius 2 is 1.72 bits per heavy atom. The summed E-state index contributed by atoms with van der Waals surface area (Å²) in [7, 11) is 0. The van der Waals surface area contributed by atoms with Crippen LogP contribution >= 0.6 is 0 Å². The third kappa shape index (κ3) is 4.02. The Kier molecular flexibility index (Phi) is 5.59. The SMILES string of the molecule is C=Cc1cccc(C)c1C.C=Cc1ccccn1. The Bertz CT molecular complexity index is 512. The lowest BCUT2D eigenvalue weighted by Gasteiger charge is -2.01. The number of aryl methyl sites for hydroxylation is 1. The molecule has 1 heteroatoms. The minimum Gasteiger partial charge on any atom is -0.257 e. The maximum Gasteiger partial charge on any atom is 0.0623 e. The zero-order valence-corrected chi connectivity index (χ0v) is 11.1. The van der Waals surface area contributed by atoms with Gasteiger partial charge in [-0.1, -0.05) is 43.5 Å². The summed E-state index contributed by atoms with van der Waals surface area (Å²) >= 11 is 0. The molecule has 0 unspecified atom stereocenters. The van der Waals surface area contributed by atoms with E-state index < -0.39 is 0 Å². The van der Waals surface area contributed by atoms with Crippen molar-refractivity contribution in [3.05, 3.63) is 78.1 Å². The third-order valence-electron chi connectivity index (χ3n) is 2.76. The van der Waals surface area contributed by atoms with E-state index in [-0.39, 0.29) is 0 Å². The minimum absolute atomic E-state index is 0.924. The van der Waals surface area contributed by atoms with Crippen LogP contribution in [-0.2, 0) is 0 Å². The number of hydrogen-bond donors (Lipinski definition) is 0. The normalized spacial score (nSPS) is 9.00. The Hall–Kier alpha value is -2.15. The highest BCUT2D eigenvalue weighted by atomic mass is 14.6. The molecule has 1 heterocycles. The molecule has 1 aromatic heterocycles. The van der Waals surface area contributed by atoms with Crippen LogP contribution in [0.5, 0.6) is 0 Å². The molecule has 0 spiro atoms. The quantitative estimate of drug-likeness (QED) is 0.739. The van der Waals surface area contributed by atoms with Crippen molar-refractivity contribution in [3.63, 3.8) is 0 Å². The molecule has 0 aliphatic heterocycles. The van der Waals surface area contributed by atoms with E-state index in [1.54, 1.807) is 12.3 Å². The van der Waals surface area contributed by atoms with Crippen LogP contribution in [0.3, 0.4) is 0 Å². The van der Waals surface area contributed by atoms with Gasteiger partial charge in [0.15, 0.2) is 0 Å². The van der Waals surface area contributed by atoms with Crippen molar-refractivity contribution >= 4 is 12.2 Å². The minimum atomic E-state index is 0.924. The van der Waals surface area contributed by atoms with Gasteiger partial charge in [-0.15, -0.1) is 0 Å². The Labute approximate surface area is 110 Å². The molecule has 0 aliphatic rings. The fourth-order valence-corrected chi connectivity index (χ4v) is 1.49. The van der Waals surface area contributed by atoms with E-state index in [0.717, 1.165) is 5.69 Å². The summed E-state index contributed by atoms with van der Waals surface area (Å²) < 4.78 is 0. The van der Waals surface area contributed by atoms with Crippen molar-refractivity contribution < 1.29 is 0 Å². The zero-order valence-electron chi connectivity index (χ0n) is 11.1. The van der Waals surface area contributed by atoms with Gasteiger partial charge in [0.25, 0.3) is 0 Å². The largest absolute Gasteiger partial charge is 0.257 e. The number of nitrogens with zero attached hydrogens (tertiary/aromatic N) is 1. The van der Waals surface area contributed by atoms with E-state index >= 15 is 0 Å². The Morgan fingerprint density at radius 1 is 0.944 bits per heavy atom. The van der Waals surface area contributed by atoms with Crippen LogP contribution in [0.25, 0.3) is 12.2 Å². The first-order valence-electron chi connectivity index (χ1n) is 5.91. The fraction of sp³-hybridized carbons (Fsp3) is 0.118. The van der Waals surface area contributed by atoms with Gasteiger partial charge in [-0.2, -0.15) is 0 Å². The van der Waals surface area contributed by atoms with Gasteiger partial charge in [0.1, 0.15) is 0 Å².